The van der Waals surface area contributed by atoms with Crippen molar-refractivity contribution in [2.24, 2.45) is 18.4 Å². The molecular weight excluding hydrogens is 1080 g/mol. The summed E-state index contributed by atoms with van der Waals surface area (Å²) in [5, 5.41) is 41.6. The van der Waals surface area contributed by atoms with Crippen molar-refractivity contribution < 1.29 is 42.6 Å². The number of benzene rings is 4. The third-order valence-corrected chi connectivity index (χ3v) is 17.6. The van der Waals surface area contributed by atoms with Gasteiger partial charge in [-0.1, -0.05) is 92.6 Å². The van der Waals surface area contributed by atoms with Crippen LogP contribution in [0.2, 0.25) is 5.02 Å². The van der Waals surface area contributed by atoms with Gasteiger partial charge in [-0.05, 0) is 89.5 Å². The van der Waals surface area contributed by atoms with E-state index in [4.69, 9.17) is 25.8 Å². The van der Waals surface area contributed by atoms with Crippen LogP contribution in [0, 0.1) is 28.5 Å². The number of aliphatic hydroxyl groups excluding tert-OH is 1. The molecule has 432 valence electrons. The van der Waals surface area contributed by atoms with Crippen molar-refractivity contribution >= 4 is 62.5 Å². The van der Waals surface area contributed by atoms with Crippen LogP contribution in [0.4, 0.5) is 20.4 Å². The van der Waals surface area contributed by atoms with Gasteiger partial charge in [-0.25, -0.2) is 8.78 Å². The van der Waals surface area contributed by atoms with Crippen molar-refractivity contribution in [2.75, 3.05) is 75.3 Å². The molecule has 0 radical (unpaired) electrons. The molecule has 2 amide bonds. The summed E-state index contributed by atoms with van der Waals surface area (Å²) in [4.78, 5) is 59.8. The second-order valence-electron chi connectivity index (χ2n) is 23.1. The zero-order valence-corrected chi connectivity index (χ0v) is 47.6. The number of β-amino-alcohol motifs (C(OH)–C–C–N with tert-alkyl or cyclic N) is 1. The smallest absolute Gasteiger partial charge is 0.319 e. The van der Waals surface area contributed by atoms with Crippen molar-refractivity contribution in [3.8, 4) is 40.2 Å². The number of carbonyl (C=O) groups excluding carboxylic acids is 3. The van der Waals surface area contributed by atoms with Crippen LogP contribution in [0.1, 0.15) is 76.0 Å². The number of piperazine rings is 1. The highest BCUT2D eigenvalue weighted by molar-refractivity contribution is 6.35. The number of aromatic nitrogens is 5. The molecule has 18 nitrogen and oxygen atoms in total. The van der Waals surface area contributed by atoms with Gasteiger partial charge in [-0.2, -0.15) is 20.3 Å². The summed E-state index contributed by atoms with van der Waals surface area (Å²) >= 11 is 6.96. The fraction of sp³-hybridized carbons (Fsp3) is 0.419. The number of halogens is 3. The first-order valence-electron chi connectivity index (χ1n) is 28.2. The molecule has 0 saturated carbocycles. The van der Waals surface area contributed by atoms with Crippen molar-refractivity contribution in [3.05, 3.63) is 120 Å². The molecule has 4 aliphatic heterocycles. The number of hydrogen-bond acceptors (Lipinski definition) is 15. The zero-order chi connectivity index (χ0) is 58.4. The summed E-state index contributed by atoms with van der Waals surface area (Å²) in [5.41, 5.74) is 3.37. The van der Waals surface area contributed by atoms with Gasteiger partial charge in [0.1, 0.15) is 29.6 Å². The predicted molar refractivity (Wildman–Crippen MR) is 310 cm³/mol. The molecule has 0 bridgehead atoms. The largest absolute Gasteiger partial charge is 0.508 e. The van der Waals surface area contributed by atoms with Gasteiger partial charge in [0.15, 0.2) is 29.0 Å². The highest BCUT2D eigenvalue weighted by Gasteiger charge is 2.47. The normalized spacial score (nSPS) is 19.8. The second kappa shape index (κ2) is 23.3. The van der Waals surface area contributed by atoms with Crippen LogP contribution < -0.4 is 14.5 Å². The zero-order valence-electron chi connectivity index (χ0n) is 46.8. The van der Waals surface area contributed by atoms with Gasteiger partial charge in [-0.3, -0.25) is 24.0 Å². The number of aryl methyl sites for hydroxylation is 1. The Morgan fingerprint density at radius 3 is 2.42 bits per heavy atom. The molecule has 0 aliphatic carbocycles. The Morgan fingerprint density at radius 1 is 0.952 bits per heavy atom. The quantitative estimate of drug-likeness (QED) is 0.0814. The molecule has 4 fully saturated rings. The molecule has 7 heterocycles. The maximum absolute atomic E-state index is 17.3. The van der Waals surface area contributed by atoms with E-state index in [-0.39, 0.29) is 120 Å². The molecule has 21 heteroatoms. The van der Waals surface area contributed by atoms with E-state index in [1.165, 1.54) is 11.0 Å². The van der Waals surface area contributed by atoms with Crippen LogP contribution in [0.15, 0.2) is 102 Å². The van der Waals surface area contributed by atoms with Crippen LogP contribution in [0.25, 0.3) is 44.1 Å². The van der Waals surface area contributed by atoms with Gasteiger partial charge >= 0.3 is 6.01 Å². The van der Waals surface area contributed by atoms with Crippen LogP contribution in [-0.2, 0) is 21.4 Å². The number of ether oxygens (including phenoxy) is 1. The summed E-state index contributed by atoms with van der Waals surface area (Å²) in [6.07, 6.45) is 3.05. The summed E-state index contributed by atoms with van der Waals surface area (Å²) < 4.78 is 45.5. The number of likely N-dealkylation sites (tertiary alicyclic amines) is 2. The third kappa shape index (κ3) is 11.3. The minimum absolute atomic E-state index is 0.0283. The Morgan fingerprint density at radius 2 is 1.71 bits per heavy atom. The lowest BCUT2D eigenvalue weighted by atomic mass is 9.72. The Kier molecular flexibility index (Phi) is 16.0. The molecule has 4 aliphatic rings. The Hall–Kier alpha value is -7.99. The Labute approximate surface area is 484 Å². The lowest BCUT2D eigenvalue weighted by Crippen LogP contribution is -2.60. The van der Waals surface area contributed by atoms with Gasteiger partial charge < -0.3 is 39.1 Å². The number of rotatable bonds is 17. The van der Waals surface area contributed by atoms with E-state index in [9.17, 15) is 34.2 Å². The summed E-state index contributed by atoms with van der Waals surface area (Å²) in [6.45, 7) is 13.2. The van der Waals surface area contributed by atoms with Crippen LogP contribution in [-0.4, -0.2) is 151 Å². The number of amides is 2. The number of anilines is 2. The van der Waals surface area contributed by atoms with Gasteiger partial charge in [-0.15, -0.1) is 0 Å². The van der Waals surface area contributed by atoms with Crippen LogP contribution in [0.5, 0.6) is 11.8 Å². The monoisotopic (exact) mass is 1150 g/mol. The summed E-state index contributed by atoms with van der Waals surface area (Å²) in [6, 6.07) is 24.3. The lowest BCUT2D eigenvalue weighted by Gasteiger charge is -2.54. The van der Waals surface area contributed by atoms with E-state index in [2.05, 4.69) is 37.7 Å². The first-order valence-corrected chi connectivity index (χ1v) is 28.6. The highest BCUT2D eigenvalue weighted by atomic mass is 35.5. The molecule has 3 aromatic heterocycles. The topological polar surface area (TPSA) is 211 Å². The van der Waals surface area contributed by atoms with E-state index in [0.717, 1.165) is 55.8 Å². The van der Waals surface area contributed by atoms with Gasteiger partial charge in [0.05, 0.1) is 41.4 Å². The van der Waals surface area contributed by atoms with E-state index in [1.807, 2.05) is 93.2 Å². The number of aromatic hydroxyl groups is 1. The van der Waals surface area contributed by atoms with E-state index >= 15 is 4.39 Å². The minimum atomic E-state index is -1.13. The average Bonchev–Trinajstić information content (AvgIpc) is 1.88. The second-order valence-corrected chi connectivity index (χ2v) is 23.5. The molecule has 83 heavy (non-hydrogen) atoms. The average molecular weight is 1150 g/mol. The van der Waals surface area contributed by atoms with Gasteiger partial charge in [0, 0.05) is 94.3 Å². The molecular formula is C62H66ClF2N11O7. The van der Waals surface area contributed by atoms with E-state index < -0.39 is 41.7 Å². The molecule has 4 aromatic carbocycles. The first-order chi connectivity index (χ1) is 39.9. The van der Waals surface area contributed by atoms with Crippen molar-refractivity contribution in [3.63, 3.8) is 0 Å². The number of nitriles is 1. The molecule has 11 rings (SSSR count). The fourth-order valence-corrected chi connectivity index (χ4v) is 13.1. The standard InChI is InChI=1S/C62H66ClF2N11O7/c1-36(2)54(60(81)76-33-44(78)29-50(76)51(79)26-37(3)39-10-12-40(13-11-39)49-15-19-67-71(49)5)52-31-53(70-83-52)74-34-62(35-74)16-20-72(21-17-62)24-25-82-61-68-57-47(58(69-61)73-22-23-75(59(80)38(4)64)42(32-73)14-18-66)30-48(63)55(56(57)65)46-28-43(77)27-41-8-6-7-9-45(41)46/h6-13,15,19,27-28,30-31,36-37,42,44,50,54,77-78H,4,14,16-17,20-26,29,32-35H2,1-3,5H3/t37-,42+,44-,50+,54+/m1/s1. The number of ketones is 1. The highest BCUT2D eigenvalue weighted by Crippen LogP contribution is 2.45. The van der Waals surface area contributed by atoms with Crippen molar-refractivity contribution in [1.29, 1.82) is 5.26 Å². The SMILES string of the molecule is C=C(F)C(=O)N1CCN(c2nc(OCCN3CCC4(CC3)CN(c3cc([C@@H](C(=O)N5C[C@H](O)C[C@H]5C(=O)C[C@@H](C)c5ccc(-c6ccnn6C)cc5)C(C)C)on3)C4)nc3c(F)c(-c4cc(O)cc5ccccc45)c(Cl)cc23)C[C@@H]1CC#N. The van der Waals surface area contributed by atoms with Crippen LogP contribution >= 0.6 is 11.6 Å². The van der Waals surface area contributed by atoms with Gasteiger partial charge in [0.25, 0.3) is 5.91 Å². The van der Waals surface area contributed by atoms with Crippen molar-refractivity contribution in [2.45, 2.75) is 82.9 Å². The molecule has 1 spiro atoms. The number of nitrogens with zero attached hydrogens (tertiary/aromatic N) is 11. The van der Waals surface area contributed by atoms with Crippen molar-refractivity contribution in [1.82, 2.24) is 39.6 Å². The van der Waals surface area contributed by atoms with E-state index in [1.54, 1.807) is 28.1 Å². The lowest BCUT2D eigenvalue weighted by molar-refractivity contribution is -0.140. The van der Waals surface area contributed by atoms with E-state index in [0.29, 0.717) is 34.5 Å². The first kappa shape index (κ1) is 56.9. The number of fused-ring (bicyclic) bond motifs is 2. The number of phenols is 1. The number of piperidine rings is 1. The number of phenolic OH excluding ortho intramolecular Hbond substituents is 1. The fourth-order valence-electron chi connectivity index (χ4n) is 12.8. The number of aliphatic hydroxyl groups is 1. The molecule has 5 atom stereocenters. The molecule has 7 aromatic rings. The predicted octanol–water partition coefficient (Wildman–Crippen LogP) is 9.20. The maximum atomic E-state index is 17.3. The Balaban J connectivity index is 0.731. The number of hydrogen-bond donors (Lipinski definition) is 2. The van der Waals surface area contributed by atoms with Crippen LogP contribution in [0.3, 0.4) is 0 Å². The summed E-state index contributed by atoms with van der Waals surface area (Å²) in [5.74, 6) is -2.88. The molecule has 0 unspecified atom stereocenters. The maximum Gasteiger partial charge on any atom is 0.319 e. The molecule has 4 saturated heterocycles. The Bertz CT molecular complexity index is 3660. The van der Waals surface area contributed by atoms with Gasteiger partial charge in [0.2, 0.25) is 5.91 Å². The molecule has 2 N–H and O–H groups in total. The number of Topliss-reactive ketones (excluding diaryl/α,β-unsaturated/α-hetero) is 1. The minimum Gasteiger partial charge on any atom is -0.508 e. The number of carbonyl (C=O) groups is 3. The third-order valence-electron chi connectivity index (χ3n) is 17.3. The summed E-state index contributed by atoms with van der Waals surface area (Å²) in [7, 11) is 1.89.